The van der Waals surface area contributed by atoms with Gasteiger partial charge in [-0.1, -0.05) is 12.8 Å². The van der Waals surface area contributed by atoms with Crippen LogP contribution in [0.2, 0.25) is 0 Å². The van der Waals surface area contributed by atoms with Crippen LogP contribution in [0, 0.1) is 18.8 Å². The highest BCUT2D eigenvalue weighted by atomic mass is 32.1. The molecule has 0 unspecified atom stereocenters. The molecule has 110 valence electrons. The van der Waals surface area contributed by atoms with Gasteiger partial charge in [0.05, 0.1) is 29.1 Å². The molecular formula is C14H20N2O3S. The maximum Gasteiger partial charge on any atom is 0.307 e. The van der Waals surface area contributed by atoms with E-state index < -0.39 is 11.9 Å². The van der Waals surface area contributed by atoms with Crippen molar-refractivity contribution in [2.75, 3.05) is 7.05 Å². The van der Waals surface area contributed by atoms with Gasteiger partial charge in [-0.3, -0.25) is 9.59 Å². The average molecular weight is 296 g/mol. The molecule has 1 N–H and O–H groups in total. The summed E-state index contributed by atoms with van der Waals surface area (Å²) in [5, 5.41) is 12.2. The minimum atomic E-state index is -0.846. The Labute approximate surface area is 122 Å². The molecule has 1 aromatic heterocycles. The van der Waals surface area contributed by atoms with Crippen molar-refractivity contribution in [2.45, 2.75) is 39.2 Å². The van der Waals surface area contributed by atoms with Crippen molar-refractivity contribution in [1.82, 2.24) is 9.88 Å². The number of carboxylic acids is 1. The third-order valence-electron chi connectivity index (χ3n) is 3.84. The van der Waals surface area contributed by atoms with E-state index in [0.717, 1.165) is 23.5 Å². The Balaban J connectivity index is 2.02. The Kier molecular flexibility index (Phi) is 4.75. The van der Waals surface area contributed by atoms with Gasteiger partial charge in [-0.15, -0.1) is 11.3 Å². The summed E-state index contributed by atoms with van der Waals surface area (Å²) in [5.41, 5.74) is 0.867. The summed E-state index contributed by atoms with van der Waals surface area (Å²) in [6, 6.07) is 0. The fraction of sp³-hybridized carbons (Fsp3) is 0.643. The normalized spacial score (nSPS) is 22.5. The van der Waals surface area contributed by atoms with E-state index >= 15 is 0 Å². The minimum absolute atomic E-state index is 0.0669. The SMILES string of the molecule is Cc1nc(CN(C)C(=O)[C@@H]2CCCC[C@@H]2C(=O)O)cs1. The highest BCUT2D eigenvalue weighted by Crippen LogP contribution is 2.31. The lowest BCUT2D eigenvalue weighted by molar-refractivity contribution is -0.152. The fourth-order valence-electron chi connectivity index (χ4n) is 2.81. The van der Waals surface area contributed by atoms with E-state index in [4.69, 9.17) is 0 Å². The van der Waals surface area contributed by atoms with Gasteiger partial charge in [-0.25, -0.2) is 4.98 Å². The van der Waals surface area contributed by atoms with Gasteiger partial charge in [-0.05, 0) is 19.8 Å². The summed E-state index contributed by atoms with van der Waals surface area (Å²) in [6.07, 6.45) is 3.12. The van der Waals surface area contributed by atoms with Gasteiger partial charge in [0.1, 0.15) is 0 Å². The van der Waals surface area contributed by atoms with Crippen molar-refractivity contribution < 1.29 is 14.7 Å². The van der Waals surface area contributed by atoms with E-state index in [-0.39, 0.29) is 11.8 Å². The topological polar surface area (TPSA) is 70.5 Å². The van der Waals surface area contributed by atoms with Crippen LogP contribution in [0.4, 0.5) is 0 Å². The van der Waals surface area contributed by atoms with Crippen molar-refractivity contribution in [3.63, 3.8) is 0 Å². The molecule has 2 rings (SSSR count). The second-order valence-electron chi connectivity index (χ2n) is 5.39. The van der Waals surface area contributed by atoms with E-state index in [0.29, 0.717) is 19.4 Å². The molecule has 0 radical (unpaired) electrons. The third-order valence-corrected chi connectivity index (χ3v) is 4.66. The average Bonchev–Trinajstić information content (AvgIpc) is 2.83. The molecular weight excluding hydrogens is 276 g/mol. The summed E-state index contributed by atoms with van der Waals surface area (Å²) in [6.45, 7) is 2.38. The second kappa shape index (κ2) is 6.35. The predicted molar refractivity (Wildman–Crippen MR) is 76.4 cm³/mol. The predicted octanol–water partition coefficient (Wildman–Crippen LogP) is 2.30. The molecule has 5 nitrogen and oxygen atoms in total. The van der Waals surface area contributed by atoms with E-state index in [2.05, 4.69) is 4.98 Å². The number of rotatable bonds is 4. The lowest BCUT2D eigenvalue weighted by Gasteiger charge is -2.30. The molecule has 1 aliphatic carbocycles. The first kappa shape index (κ1) is 15.0. The van der Waals surface area contributed by atoms with Crippen LogP contribution >= 0.6 is 11.3 Å². The number of amides is 1. The molecule has 20 heavy (non-hydrogen) atoms. The fourth-order valence-corrected chi connectivity index (χ4v) is 3.41. The first-order chi connectivity index (χ1) is 9.49. The summed E-state index contributed by atoms with van der Waals surface area (Å²) in [4.78, 5) is 29.7. The molecule has 6 heteroatoms. The number of carboxylic acid groups (broad SMARTS) is 1. The van der Waals surface area contributed by atoms with Crippen LogP contribution in [0.5, 0.6) is 0 Å². The summed E-state index contributed by atoms with van der Waals surface area (Å²) in [7, 11) is 1.73. The molecule has 0 spiro atoms. The number of carbonyl (C=O) groups excluding carboxylic acids is 1. The van der Waals surface area contributed by atoms with Crippen LogP contribution in [-0.2, 0) is 16.1 Å². The number of hydrogen-bond donors (Lipinski definition) is 1. The van der Waals surface area contributed by atoms with Gasteiger partial charge >= 0.3 is 5.97 Å². The lowest BCUT2D eigenvalue weighted by atomic mass is 9.78. The van der Waals surface area contributed by atoms with Crippen LogP contribution in [-0.4, -0.2) is 33.9 Å². The van der Waals surface area contributed by atoms with Crippen LogP contribution < -0.4 is 0 Å². The molecule has 1 aromatic rings. The molecule has 0 saturated heterocycles. The van der Waals surface area contributed by atoms with Crippen molar-refractivity contribution in [2.24, 2.45) is 11.8 Å². The maximum atomic E-state index is 12.5. The van der Waals surface area contributed by atoms with Crippen LogP contribution in [0.15, 0.2) is 5.38 Å². The largest absolute Gasteiger partial charge is 0.481 e. The highest BCUT2D eigenvalue weighted by molar-refractivity contribution is 7.09. The lowest BCUT2D eigenvalue weighted by Crippen LogP contribution is -2.40. The Bertz CT molecular complexity index is 500. The zero-order chi connectivity index (χ0) is 14.7. The summed E-state index contributed by atoms with van der Waals surface area (Å²) < 4.78 is 0. The Morgan fingerprint density at radius 3 is 2.60 bits per heavy atom. The molecule has 1 aliphatic rings. The molecule has 1 heterocycles. The number of hydrogen-bond acceptors (Lipinski definition) is 4. The van der Waals surface area contributed by atoms with Crippen molar-refractivity contribution >= 4 is 23.2 Å². The zero-order valence-electron chi connectivity index (χ0n) is 11.8. The molecule has 0 aromatic carbocycles. The van der Waals surface area contributed by atoms with Gasteiger partial charge in [0.2, 0.25) is 5.91 Å². The van der Waals surface area contributed by atoms with Crippen LogP contribution in [0.3, 0.4) is 0 Å². The third kappa shape index (κ3) is 3.36. The number of aromatic nitrogens is 1. The molecule has 0 aliphatic heterocycles. The van der Waals surface area contributed by atoms with Gasteiger partial charge in [0.15, 0.2) is 0 Å². The zero-order valence-corrected chi connectivity index (χ0v) is 12.7. The number of nitrogens with zero attached hydrogens (tertiary/aromatic N) is 2. The Morgan fingerprint density at radius 1 is 1.40 bits per heavy atom. The minimum Gasteiger partial charge on any atom is -0.481 e. The molecule has 1 fully saturated rings. The van der Waals surface area contributed by atoms with Crippen molar-refractivity contribution in [3.05, 3.63) is 16.1 Å². The quantitative estimate of drug-likeness (QED) is 0.925. The number of thiazole rings is 1. The highest BCUT2D eigenvalue weighted by Gasteiger charge is 2.37. The Hall–Kier alpha value is -1.43. The van der Waals surface area contributed by atoms with Gasteiger partial charge in [0, 0.05) is 12.4 Å². The molecule has 0 bridgehead atoms. The van der Waals surface area contributed by atoms with Gasteiger partial charge < -0.3 is 10.0 Å². The summed E-state index contributed by atoms with van der Waals surface area (Å²) >= 11 is 1.56. The monoisotopic (exact) mass is 296 g/mol. The second-order valence-corrected chi connectivity index (χ2v) is 6.45. The van der Waals surface area contributed by atoms with Gasteiger partial charge in [-0.2, -0.15) is 0 Å². The standard InChI is InChI=1S/C14H20N2O3S/c1-9-15-10(8-20-9)7-16(2)13(17)11-5-3-4-6-12(11)14(18)19/h8,11-12H,3-7H2,1-2H3,(H,18,19)/t11-,12+/m1/s1. The van der Waals surface area contributed by atoms with Crippen LogP contribution in [0.25, 0.3) is 0 Å². The van der Waals surface area contributed by atoms with Crippen molar-refractivity contribution in [1.29, 1.82) is 0 Å². The number of aliphatic carboxylic acids is 1. The molecule has 1 saturated carbocycles. The Morgan fingerprint density at radius 2 is 2.05 bits per heavy atom. The maximum absolute atomic E-state index is 12.5. The number of carbonyl (C=O) groups is 2. The van der Waals surface area contributed by atoms with Crippen LogP contribution in [0.1, 0.15) is 36.4 Å². The summed E-state index contributed by atoms with van der Waals surface area (Å²) in [5.74, 6) is -1.83. The smallest absolute Gasteiger partial charge is 0.307 e. The first-order valence-corrected chi connectivity index (χ1v) is 7.76. The van der Waals surface area contributed by atoms with E-state index in [1.807, 2.05) is 12.3 Å². The molecule has 2 atom stereocenters. The number of aryl methyl sites for hydroxylation is 1. The molecule has 1 amide bonds. The first-order valence-electron chi connectivity index (χ1n) is 6.88. The van der Waals surface area contributed by atoms with E-state index in [1.165, 1.54) is 0 Å². The van der Waals surface area contributed by atoms with E-state index in [1.54, 1.807) is 23.3 Å². The van der Waals surface area contributed by atoms with Crippen molar-refractivity contribution in [3.8, 4) is 0 Å². The van der Waals surface area contributed by atoms with Gasteiger partial charge in [0.25, 0.3) is 0 Å². The van der Waals surface area contributed by atoms with E-state index in [9.17, 15) is 14.7 Å².